The van der Waals surface area contributed by atoms with E-state index in [9.17, 15) is 0 Å². The first-order valence-corrected chi connectivity index (χ1v) is 6.97. The maximum atomic E-state index is 5.79. The number of hydrogen-bond donors (Lipinski definition) is 1. The van der Waals surface area contributed by atoms with Gasteiger partial charge >= 0.3 is 0 Å². The van der Waals surface area contributed by atoms with Crippen LogP contribution in [0.25, 0.3) is 0 Å². The molecule has 2 N–H and O–H groups in total. The van der Waals surface area contributed by atoms with Gasteiger partial charge in [0.1, 0.15) is 0 Å². The predicted molar refractivity (Wildman–Crippen MR) is 72.7 cm³/mol. The normalized spacial score (nSPS) is 27.1. The van der Waals surface area contributed by atoms with Crippen molar-refractivity contribution in [2.45, 2.75) is 38.6 Å². The van der Waals surface area contributed by atoms with E-state index in [0.717, 1.165) is 30.2 Å². The molecule has 0 bridgehead atoms. The molecule has 1 atom stereocenters. The Morgan fingerprint density at radius 3 is 2.81 bits per heavy atom. The third-order valence-corrected chi connectivity index (χ3v) is 4.58. The third-order valence-electron chi connectivity index (χ3n) is 3.70. The number of rotatable bonds is 4. The number of hydrogen-bond acceptors (Lipinski definition) is 3. The molecule has 1 aliphatic carbocycles. The lowest BCUT2D eigenvalue weighted by Gasteiger charge is -2.35. The summed E-state index contributed by atoms with van der Waals surface area (Å²) in [5.41, 5.74) is 7.32. The first kappa shape index (κ1) is 11.8. The van der Waals surface area contributed by atoms with Crippen molar-refractivity contribution in [1.82, 2.24) is 0 Å². The quantitative estimate of drug-likeness (QED) is 0.762. The highest BCUT2D eigenvalue weighted by molar-refractivity contribution is 8.14. The minimum Gasteiger partial charge on any atom is -0.379 e. The molecule has 0 saturated heterocycles. The van der Waals surface area contributed by atoms with E-state index in [-0.39, 0.29) is 5.41 Å². The summed E-state index contributed by atoms with van der Waals surface area (Å²) in [6.45, 7) is 6.52. The van der Waals surface area contributed by atoms with Crippen LogP contribution < -0.4 is 5.73 Å². The fourth-order valence-corrected chi connectivity index (χ4v) is 3.62. The maximum absolute atomic E-state index is 5.79. The van der Waals surface area contributed by atoms with E-state index < -0.39 is 0 Å². The summed E-state index contributed by atoms with van der Waals surface area (Å²) in [6, 6.07) is 0.339. The Balaban J connectivity index is 2.19. The van der Waals surface area contributed by atoms with Crippen LogP contribution in [0.2, 0.25) is 0 Å². The Kier molecular flexibility index (Phi) is 3.43. The van der Waals surface area contributed by atoms with E-state index in [0.29, 0.717) is 6.04 Å². The summed E-state index contributed by atoms with van der Waals surface area (Å²) in [4.78, 5) is 4.60. The standard InChI is InChI=1S/C13H20N2S/c1-3-6-10(2)13(7-4-5-8-13)11-9-16-12(14)15-11/h4-5,11H,2-3,6-9H2,1H3,(H2,14,15). The number of thioether (sulfide) groups is 1. The predicted octanol–water partition coefficient (Wildman–Crippen LogP) is 3.11. The van der Waals surface area contributed by atoms with Crippen molar-refractivity contribution >= 4 is 16.9 Å². The molecule has 0 radical (unpaired) electrons. The highest BCUT2D eigenvalue weighted by Gasteiger charge is 2.43. The number of nitrogens with two attached hydrogens (primary N) is 1. The lowest BCUT2D eigenvalue weighted by molar-refractivity contribution is 0.315. The molecular formula is C13H20N2S. The summed E-state index contributed by atoms with van der Waals surface area (Å²) < 4.78 is 0. The number of allylic oxidation sites excluding steroid dienone is 2. The van der Waals surface area contributed by atoms with Crippen molar-refractivity contribution in [3.63, 3.8) is 0 Å². The minimum absolute atomic E-state index is 0.171. The summed E-state index contributed by atoms with van der Waals surface area (Å²) >= 11 is 1.69. The van der Waals surface area contributed by atoms with E-state index in [1.54, 1.807) is 11.8 Å². The average molecular weight is 236 g/mol. The molecule has 0 fully saturated rings. The Labute approximate surface area is 102 Å². The molecule has 88 valence electrons. The molecular weight excluding hydrogens is 216 g/mol. The number of aliphatic imine (C=N–C) groups is 1. The molecule has 2 nitrogen and oxygen atoms in total. The second-order valence-corrected chi connectivity index (χ2v) is 5.72. The fraction of sp³-hybridized carbons (Fsp3) is 0.615. The molecule has 1 aliphatic heterocycles. The SMILES string of the molecule is C=C(CCC)C1(C2CSC(N)=N2)CC=CC1. The van der Waals surface area contributed by atoms with Crippen LogP contribution in [0.4, 0.5) is 0 Å². The Morgan fingerprint density at radius 2 is 2.31 bits per heavy atom. The van der Waals surface area contributed by atoms with E-state index in [1.165, 1.54) is 12.0 Å². The van der Waals surface area contributed by atoms with Gasteiger partial charge in [0.2, 0.25) is 0 Å². The lowest BCUT2D eigenvalue weighted by Crippen LogP contribution is -2.34. The zero-order chi connectivity index (χ0) is 11.6. The minimum atomic E-state index is 0.171. The van der Waals surface area contributed by atoms with Crippen LogP contribution in [0.15, 0.2) is 29.3 Å². The van der Waals surface area contributed by atoms with Crippen LogP contribution >= 0.6 is 11.8 Å². The topological polar surface area (TPSA) is 38.4 Å². The first-order valence-electron chi connectivity index (χ1n) is 5.98. The van der Waals surface area contributed by atoms with Crippen LogP contribution in [0.3, 0.4) is 0 Å². The lowest BCUT2D eigenvalue weighted by atomic mass is 9.71. The fourth-order valence-electron chi connectivity index (χ4n) is 2.69. The van der Waals surface area contributed by atoms with Crippen molar-refractivity contribution in [2.24, 2.45) is 16.1 Å². The first-order chi connectivity index (χ1) is 7.69. The van der Waals surface area contributed by atoms with E-state index in [4.69, 9.17) is 5.73 Å². The zero-order valence-electron chi connectivity index (χ0n) is 9.91. The van der Waals surface area contributed by atoms with Crippen molar-refractivity contribution < 1.29 is 0 Å². The smallest absolute Gasteiger partial charge is 0.154 e. The summed E-state index contributed by atoms with van der Waals surface area (Å²) in [6.07, 6.45) is 9.00. The summed E-state index contributed by atoms with van der Waals surface area (Å²) in [7, 11) is 0. The van der Waals surface area contributed by atoms with Crippen molar-refractivity contribution in [1.29, 1.82) is 0 Å². The van der Waals surface area contributed by atoms with E-state index >= 15 is 0 Å². The largest absolute Gasteiger partial charge is 0.379 e. The van der Waals surface area contributed by atoms with Crippen molar-refractivity contribution in [2.75, 3.05) is 5.75 Å². The molecule has 0 aromatic heterocycles. The van der Waals surface area contributed by atoms with Gasteiger partial charge in [-0.15, -0.1) is 0 Å². The van der Waals surface area contributed by atoms with Crippen LogP contribution in [0.1, 0.15) is 32.6 Å². The van der Waals surface area contributed by atoms with Crippen LogP contribution in [-0.2, 0) is 0 Å². The molecule has 2 aliphatic rings. The third kappa shape index (κ3) is 1.93. The molecule has 16 heavy (non-hydrogen) atoms. The van der Waals surface area contributed by atoms with Gasteiger partial charge in [-0.1, -0.05) is 49.4 Å². The molecule has 0 saturated carbocycles. The molecule has 1 heterocycles. The molecule has 3 heteroatoms. The molecule has 2 rings (SSSR count). The van der Waals surface area contributed by atoms with Gasteiger partial charge in [0, 0.05) is 11.2 Å². The van der Waals surface area contributed by atoms with Crippen LogP contribution in [-0.4, -0.2) is 17.0 Å². The average Bonchev–Trinajstić information content (AvgIpc) is 2.86. The van der Waals surface area contributed by atoms with Gasteiger partial charge in [0.15, 0.2) is 5.17 Å². The highest BCUT2D eigenvalue weighted by atomic mass is 32.2. The van der Waals surface area contributed by atoms with Gasteiger partial charge in [-0.25, -0.2) is 0 Å². The Morgan fingerprint density at radius 1 is 1.62 bits per heavy atom. The van der Waals surface area contributed by atoms with Crippen molar-refractivity contribution in [3.8, 4) is 0 Å². The van der Waals surface area contributed by atoms with E-state index in [1.807, 2.05) is 0 Å². The van der Waals surface area contributed by atoms with Crippen LogP contribution in [0.5, 0.6) is 0 Å². The second-order valence-electron chi connectivity index (χ2n) is 4.68. The van der Waals surface area contributed by atoms with Crippen LogP contribution in [0, 0.1) is 5.41 Å². The Hall–Kier alpha value is -0.700. The molecule has 0 amide bonds. The van der Waals surface area contributed by atoms with Gasteiger partial charge < -0.3 is 5.73 Å². The number of nitrogens with zero attached hydrogens (tertiary/aromatic N) is 1. The molecule has 1 unspecified atom stereocenters. The zero-order valence-corrected chi connectivity index (χ0v) is 10.7. The van der Waals surface area contributed by atoms with Crippen molar-refractivity contribution in [3.05, 3.63) is 24.3 Å². The Bertz CT molecular complexity index is 336. The highest BCUT2D eigenvalue weighted by Crippen LogP contribution is 2.48. The maximum Gasteiger partial charge on any atom is 0.154 e. The van der Waals surface area contributed by atoms with Gasteiger partial charge in [0.05, 0.1) is 6.04 Å². The molecule has 0 spiro atoms. The van der Waals surface area contributed by atoms with Gasteiger partial charge in [-0.05, 0) is 19.3 Å². The van der Waals surface area contributed by atoms with Gasteiger partial charge in [-0.3, -0.25) is 4.99 Å². The summed E-state index contributed by atoms with van der Waals surface area (Å²) in [5.74, 6) is 1.02. The van der Waals surface area contributed by atoms with Gasteiger partial charge in [0.25, 0.3) is 0 Å². The van der Waals surface area contributed by atoms with E-state index in [2.05, 4.69) is 30.6 Å². The second kappa shape index (κ2) is 4.66. The molecule has 0 aromatic carbocycles. The monoisotopic (exact) mass is 236 g/mol. The summed E-state index contributed by atoms with van der Waals surface area (Å²) in [5, 5.41) is 0.751. The van der Waals surface area contributed by atoms with Gasteiger partial charge in [-0.2, -0.15) is 0 Å². The molecule has 0 aromatic rings. The number of amidine groups is 1.